The molecule has 1 aliphatic heterocycles. The van der Waals surface area contributed by atoms with Crippen molar-refractivity contribution in [2.45, 2.75) is 19.8 Å². The van der Waals surface area contributed by atoms with Crippen LogP contribution in [0.4, 0.5) is 0 Å². The zero-order chi connectivity index (χ0) is 14.4. The summed E-state index contributed by atoms with van der Waals surface area (Å²) in [7, 11) is 0. The van der Waals surface area contributed by atoms with Gasteiger partial charge in [-0.25, -0.2) is 0 Å². The molecule has 0 unspecified atom stereocenters. The molecule has 1 amide bonds. The molecule has 0 aliphatic carbocycles. The number of rotatable bonds is 4. The number of carbonyl (C=O) groups excluding carboxylic acids is 2. The number of hydrogen-bond acceptors (Lipinski definition) is 4. The highest BCUT2D eigenvalue weighted by atomic mass is 16.5. The standard InChI is InChI=1S/C15H19NO4/c1-2-19-15(18)12-5-3-9-16(11-12)14(17)8-7-13-6-4-10-20-13/h4,6-8,10,12H,2-3,5,9,11H2,1H3/b8-7-/t12-/m0/s1. The molecule has 20 heavy (non-hydrogen) atoms. The summed E-state index contributed by atoms with van der Waals surface area (Å²) >= 11 is 0. The molecule has 1 aromatic heterocycles. The molecule has 0 aromatic carbocycles. The first-order valence-electron chi connectivity index (χ1n) is 6.88. The molecule has 2 rings (SSSR count). The molecule has 5 heteroatoms. The van der Waals surface area contributed by atoms with E-state index in [1.165, 1.54) is 6.08 Å². The Labute approximate surface area is 118 Å². The Bertz CT molecular complexity index is 478. The number of hydrogen-bond donors (Lipinski definition) is 0. The topological polar surface area (TPSA) is 59.8 Å². The number of amides is 1. The van der Waals surface area contributed by atoms with E-state index < -0.39 is 0 Å². The zero-order valence-corrected chi connectivity index (χ0v) is 11.6. The van der Waals surface area contributed by atoms with Crippen LogP contribution in [0.5, 0.6) is 0 Å². The van der Waals surface area contributed by atoms with E-state index in [2.05, 4.69) is 0 Å². The van der Waals surface area contributed by atoms with Crippen molar-refractivity contribution in [2.75, 3.05) is 19.7 Å². The van der Waals surface area contributed by atoms with E-state index in [9.17, 15) is 9.59 Å². The summed E-state index contributed by atoms with van der Waals surface area (Å²) in [6.45, 7) is 3.27. The fourth-order valence-electron chi connectivity index (χ4n) is 2.27. The Kier molecular flexibility index (Phi) is 4.98. The molecule has 1 atom stereocenters. The fraction of sp³-hybridized carbons (Fsp3) is 0.467. The highest BCUT2D eigenvalue weighted by molar-refractivity contribution is 5.91. The Morgan fingerprint density at radius 2 is 2.40 bits per heavy atom. The minimum atomic E-state index is -0.208. The van der Waals surface area contributed by atoms with Crippen LogP contribution in [0.3, 0.4) is 0 Å². The van der Waals surface area contributed by atoms with Gasteiger partial charge in [0.05, 0.1) is 18.8 Å². The SMILES string of the molecule is CCOC(=O)[C@H]1CCCN(C(=O)/C=C\c2ccco2)C1. The molecule has 2 heterocycles. The lowest BCUT2D eigenvalue weighted by Gasteiger charge is -2.30. The Hall–Kier alpha value is -2.04. The van der Waals surface area contributed by atoms with Crippen LogP contribution in [-0.4, -0.2) is 36.5 Å². The van der Waals surface area contributed by atoms with Crippen LogP contribution >= 0.6 is 0 Å². The lowest BCUT2D eigenvalue weighted by Crippen LogP contribution is -2.42. The largest absolute Gasteiger partial charge is 0.466 e. The van der Waals surface area contributed by atoms with Crippen molar-refractivity contribution in [1.29, 1.82) is 0 Å². The number of esters is 1. The van der Waals surface area contributed by atoms with E-state index in [4.69, 9.17) is 9.15 Å². The van der Waals surface area contributed by atoms with Gasteiger partial charge in [-0.15, -0.1) is 0 Å². The molecule has 1 aliphatic rings. The number of carbonyl (C=O) groups is 2. The van der Waals surface area contributed by atoms with Gasteiger partial charge in [-0.05, 0) is 38.0 Å². The number of furan rings is 1. The summed E-state index contributed by atoms with van der Waals surface area (Å²) in [5.74, 6) is 0.123. The van der Waals surface area contributed by atoms with Crippen molar-refractivity contribution in [3.8, 4) is 0 Å². The molecule has 108 valence electrons. The first kappa shape index (κ1) is 14.4. The van der Waals surface area contributed by atoms with Crippen molar-refractivity contribution in [3.63, 3.8) is 0 Å². The first-order chi connectivity index (χ1) is 9.70. The van der Waals surface area contributed by atoms with E-state index in [0.717, 1.165) is 12.8 Å². The predicted molar refractivity (Wildman–Crippen MR) is 73.7 cm³/mol. The molecule has 1 aromatic rings. The lowest BCUT2D eigenvalue weighted by atomic mass is 9.98. The van der Waals surface area contributed by atoms with Gasteiger partial charge in [-0.1, -0.05) is 0 Å². The van der Waals surface area contributed by atoms with E-state index in [-0.39, 0.29) is 17.8 Å². The quantitative estimate of drug-likeness (QED) is 0.624. The first-order valence-corrected chi connectivity index (χ1v) is 6.88. The maximum Gasteiger partial charge on any atom is 0.310 e. The summed E-state index contributed by atoms with van der Waals surface area (Å²) in [6.07, 6.45) is 6.28. The van der Waals surface area contributed by atoms with Crippen molar-refractivity contribution in [3.05, 3.63) is 30.2 Å². The second-order valence-electron chi connectivity index (χ2n) is 4.72. The Morgan fingerprint density at radius 1 is 1.55 bits per heavy atom. The van der Waals surface area contributed by atoms with Gasteiger partial charge in [0.2, 0.25) is 5.91 Å². The summed E-state index contributed by atoms with van der Waals surface area (Å²) in [5, 5.41) is 0. The van der Waals surface area contributed by atoms with Gasteiger partial charge >= 0.3 is 5.97 Å². The van der Waals surface area contributed by atoms with E-state index >= 15 is 0 Å². The molecular formula is C15H19NO4. The van der Waals surface area contributed by atoms with Gasteiger partial charge in [0.15, 0.2) is 0 Å². The van der Waals surface area contributed by atoms with Crippen LogP contribution in [0.1, 0.15) is 25.5 Å². The smallest absolute Gasteiger partial charge is 0.310 e. The molecule has 0 spiro atoms. The molecule has 0 radical (unpaired) electrons. The minimum Gasteiger partial charge on any atom is -0.466 e. The molecule has 5 nitrogen and oxygen atoms in total. The second kappa shape index (κ2) is 6.93. The van der Waals surface area contributed by atoms with Crippen molar-refractivity contribution in [1.82, 2.24) is 4.90 Å². The van der Waals surface area contributed by atoms with Gasteiger partial charge in [-0.2, -0.15) is 0 Å². The summed E-state index contributed by atoms with van der Waals surface area (Å²) in [6, 6.07) is 3.54. The van der Waals surface area contributed by atoms with Crippen LogP contribution in [0.2, 0.25) is 0 Å². The maximum atomic E-state index is 12.1. The van der Waals surface area contributed by atoms with Crippen LogP contribution in [0.25, 0.3) is 6.08 Å². The average molecular weight is 277 g/mol. The summed E-state index contributed by atoms with van der Waals surface area (Å²) in [4.78, 5) is 25.5. The average Bonchev–Trinajstić information content (AvgIpc) is 2.98. The third-order valence-corrected chi connectivity index (χ3v) is 3.29. The maximum absolute atomic E-state index is 12.1. The van der Waals surface area contributed by atoms with Gasteiger partial charge in [0.25, 0.3) is 0 Å². The molecule has 1 saturated heterocycles. The normalized spacial score (nSPS) is 19.2. The number of likely N-dealkylation sites (tertiary alicyclic amines) is 1. The third kappa shape index (κ3) is 3.73. The second-order valence-corrected chi connectivity index (χ2v) is 4.72. The van der Waals surface area contributed by atoms with Crippen molar-refractivity contribution >= 4 is 18.0 Å². The van der Waals surface area contributed by atoms with Crippen LogP contribution in [0.15, 0.2) is 28.9 Å². The molecular weight excluding hydrogens is 258 g/mol. The fourth-order valence-corrected chi connectivity index (χ4v) is 2.27. The Balaban J connectivity index is 1.91. The number of nitrogens with zero attached hydrogens (tertiary/aromatic N) is 1. The van der Waals surface area contributed by atoms with Crippen LogP contribution < -0.4 is 0 Å². The minimum absolute atomic E-state index is 0.101. The van der Waals surface area contributed by atoms with Gasteiger partial charge < -0.3 is 14.1 Å². The van der Waals surface area contributed by atoms with Gasteiger partial charge in [0, 0.05) is 19.2 Å². The third-order valence-electron chi connectivity index (χ3n) is 3.29. The molecule has 0 bridgehead atoms. The van der Waals surface area contributed by atoms with E-state index in [1.54, 1.807) is 36.3 Å². The summed E-state index contributed by atoms with van der Waals surface area (Å²) in [5.41, 5.74) is 0. The number of piperidine rings is 1. The van der Waals surface area contributed by atoms with Gasteiger partial charge in [-0.3, -0.25) is 9.59 Å². The molecule has 0 saturated carbocycles. The monoisotopic (exact) mass is 277 g/mol. The van der Waals surface area contributed by atoms with Crippen molar-refractivity contribution < 1.29 is 18.7 Å². The zero-order valence-electron chi connectivity index (χ0n) is 11.6. The Morgan fingerprint density at radius 3 is 3.10 bits per heavy atom. The molecule has 0 N–H and O–H groups in total. The van der Waals surface area contributed by atoms with Crippen LogP contribution in [0, 0.1) is 5.92 Å². The molecule has 1 fully saturated rings. The number of ether oxygens (including phenoxy) is 1. The van der Waals surface area contributed by atoms with E-state index in [0.29, 0.717) is 25.5 Å². The highest BCUT2D eigenvalue weighted by Crippen LogP contribution is 2.18. The lowest BCUT2D eigenvalue weighted by molar-refractivity contribution is -0.150. The van der Waals surface area contributed by atoms with Gasteiger partial charge in [0.1, 0.15) is 5.76 Å². The highest BCUT2D eigenvalue weighted by Gasteiger charge is 2.28. The van der Waals surface area contributed by atoms with E-state index in [1.807, 2.05) is 0 Å². The van der Waals surface area contributed by atoms with Crippen LogP contribution in [-0.2, 0) is 14.3 Å². The predicted octanol–water partition coefficient (Wildman–Crippen LogP) is 2.09. The van der Waals surface area contributed by atoms with Crippen molar-refractivity contribution in [2.24, 2.45) is 5.92 Å². The summed E-state index contributed by atoms with van der Waals surface area (Å²) < 4.78 is 10.1.